The first-order chi connectivity index (χ1) is 8.39. The van der Waals surface area contributed by atoms with Gasteiger partial charge in [0.1, 0.15) is 0 Å². The van der Waals surface area contributed by atoms with Gasteiger partial charge in [-0.15, -0.1) is 0 Å². The Kier molecular flexibility index (Phi) is 3.44. The summed E-state index contributed by atoms with van der Waals surface area (Å²) in [4.78, 5) is 11.2. The fourth-order valence-corrected chi connectivity index (χ4v) is 4.30. The summed E-state index contributed by atoms with van der Waals surface area (Å²) in [7, 11) is -1.80. The minimum atomic E-state index is -3.36. The third-order valence-electron chi connectivity index (χ3n) is 3.41. The molecule has 0 amide bonds. The smallest absolute Gasteiger partial charge is 0.212 e. The summed E-state index contributed by atoms with van der Waals surface area (Å²) in [6.45, 7) is 0.366. The van der Waals surface area contributed by atoms with Crippen molar-refractivity contribution in [2.45, 2.75) is 24.4 Å². The van der Waals surface area contributed by atoms with Crippen molar-refractivity contribution in [1.82, 2.24) is 4.31 Å². The molecule has 2 aliphatic rings. The van der Waals surface area contributed by atoms with Crippen LogP contribution in [-0.2, 0) is 19.6 Å². The molecule has 0 bridgehead atoms. The molecule has 0 aromatic rings. The molecule has 0 N–H and O–H groups in total. The Balaban J connectivity index is 2.40. The van der Waals surface area contributed by atoms with E-state index in [1.807, 2.05) is 0 Å². The van der Waals surface area contributed by atoms with Crippen LogP contribution in [0.15, 0.2) is 24.3 Å². The minimum Gasteiger partial charge on any atom is -0.383 e. The molecule has 1 fully saturated rings. The summed E-state index contributed by atoms with van der Waals surface area (Å²) < 4.78 is 30.5. The van der Waals surface area contributed by atoms with Crippen LogP contribution in [-0.4, -0.2) is 50.1 Å². The number of carbonyl (C=O) groups is 1. The molecule has 100 valence electrons. The van der Waals surface area contributed by atoms with Crippen LogP contribution in [0.2, 0.25) is 0 Å². The Bertz CT molecular complexity index is 490. The van der Waals surface area contributed by atoms with Crippen LogP contribution >= 0.6 is 0 Å². The van der Waals surface area contributed by atoms with E-state index >= 15 is 0 Å². The van der Waals surface area contributed by atoms with E-state index in [9.17, 15) is 13.2 Å². The van der Waals surface area contributed by atoms with Gasteiger partial charge in [0.15, 0.2) is 5.78 Å². The topological polar surface area (TPSA) is 63.7 Å². The predicted molar refractivity (Wildman–Crippen MR) is 67.6 cm³/mol. The highest BCUT2D eigenvalue weighted by atomic mass is 32.2. The fourth-order valence-electron chi connectivity index (χ4n) is 2.77. The molecule has 6 heteroatoms. The highest BCUT2D eigenvalue weighted by molar-refractivity contribution is 7.88. The third kappa shape index (κ3) is 2.28. The highest BCUT2D eigenvalue weighted by Crippen LogP contribution is 2.39. The first-order valence-corrected chi connectivity index (χ1v) is 7.65. The van der Waals surface area contributed by atoms with Crippen LogP contribution < -0.4 is 0 Å². The molecule has 1 aliphatic heterocycles. The Hall–Kier alpha value is -0.980. The van der Waals surface area contributed by atoms with E-state index in [-0.39, 0.29) is 11.8 Å². The third-order valence-corrected chi connectivity index (χ3v) is 4.76. The van der Waals surface area contributed by atoms with Gasteiger partial charge in [0.25, 0.3) is 0 Å². The second-order valence-corrected chi connectivity index (χ2v) is 6.63. The first kappa shape index (κ1) is 13.5. The molecule has 18 heavy (non-hydrogen) atoms. The number of nitrogens with zero attached hydrogens (tertiary/aromatic N) is 1. The second-order valence-electron chi connectivity index (χ2n) is 4.77. The van der Waals surface area contributed by atoms with Gasteiger partial charge in [-0.2, -0.15) is 4.31 Å². The van der Waals surface area contributed by atoms with Gasteiger partial charge in [-0.1, -0.05) is 12.2 Å². The SMILES string of the molecule is COC[C@@H]1CCC2(C=CC(=O)C=C2)N1S(C)(=O)=O. The number of ether oxygens (including phenoxy) is 1. The van der Waals surface area contributed by atoms with E-state index in [1.165, 1.54) is 22.7 Å². The summed E-state index contributed by atoms with van der Waals surface area (Å²) in [5.41, 5.74) is -0.690. The van der Waals surface area contributed by atoms with Gasteiger partial charge < -0.3 is 4.74 Å². The second kappa shape index (κ2) is 4.60. The summed E-state index contributed by atoms with van der Waals surface area (Å²) in [5, 5.41) is 0. The molecule has 1 aliphatic carbocycles. The quantitative estimate of drug-likeness (QED) is 0.749. The Morgan fingerprint density at radius 3 is 2.56 bits per heavy atom. The maximum atomic E-state index is 12.0. The van der Waals surface area contributed by atoms with Crippen molar-refractivity contribution in [3.63, 3.8) is 0 Å². The molecule has 0 saturated carbocycles. The number of ketones is 1. The summed E-state index contributed by atoms with van der Waals surface area (Å²) in [5.74, 6) is -0.107. The molecule has 2 rings (SSSR count). The van der Waals surface area contributed by atoms with Gasteiger partial charge >= 0.3 is 0 Å². The zero-order valence-corrected chi connectivity index (χ0v) is 11.3. The van der Waals surface area contributed by atoms with Crippen LogP contribution in [0.3, 0.4) is 0 Å². The largest absolute Gasteiger partial charge is 0.383 e. The molecular weight excluding hydrogens is 254 g/mol. The standard InChI is InChI=1S/C12H17NO4S/c1-17-9-10-3-6-12(13(10)18(2,15)16)7-4-11(14)5-8-12/h4-5,7-8,10H,3,6,9H2,1-2H3/t10-/m0/s1. The Labute approximate surface area is 107 Å². The van der Waals surface area contributed by atoms with Crippen molar-refractivity contribution in [3.05, 3.63) is 24.3 Å². The maximum absolute atomic E-state index is 12.0. The van der Waals surface area contributed by atoms with Gasteiger partial charge in [0.2, 0.25) is 10.0 Å². The summed E-state index contributed by atoms with van der Waals surface area (Å²) >= 11 is 0. The van der Waals surface area contributed by atoms with Crippen LogP contribution in [0.4, 0.5) is 0 Å². The van der Waals surface area contributed by atoms with E-state index < -0.39 is 15.6 Å². The van der Waals surface area contributed by atoms with Crippen LogP contribution in [0.25, 0.3) is 0 Å². The normalized spacial score (nSPS) is 27.2. The molecular formula is C12H17NO4S. The number of methoxy groups -OCH3 is 1. The average Bonchev–Trinajstić information content (AvgIpc) is 2.62. The van der Waals surface area contributed by atoms with Crippen molar-refractivity contribution >= 4 is 15.8 Å². The molecule has 0 aromatic heterocycles. The fraction of sp³-hybridized carbons (Fsp3) is 0.583. The first-order valence-electron chi connectivity index (χ1n) is 5.80. The summed E-state index contributed by atoms with van der Waals surface area (Å²) in [6.07, 6.45) is 8.85. The number of carbonyl (C=O) groups excluding carboxylic acids is 1. The maximum Gasteiger partial charge on any atom is 0.212 e. The van der Waals surface area contributed by atoms with Gasteiger partial charge in [0.05, 0.1) is 18.4 Å². The molecule has 1 spiro atoms. The summed E-state index contributed by atoms with van der Waals surface area (Å²) in [6, 6.07) is -0.174. The lowest BCUT2D eigenvalue weighted by molar-refractivity contribution is -0.110. The molecule has 0 unspecified atom stereocenters. The van der Waals surface area contributed by atoms with Crippen molar-refractivity contribution in [2.24, 2.45) is 0 Å². The predicted octanol–water partition coefficient (Wildman–Crippen LogP) is 0.491. The molecule has 5 nitrogen and oxygen atoms in total. The van der Waals surface area contributed by atoms with Crippen LogP contribution in [0, 0.1) is 0 Å². The van der Waals surface area contributed by atoms with E-state index in [0.717, 1.165) is 6.42 Å². The Morgan fingerprint density at radius 1 is 1.44 bits per heavy atom. The zero-order chi connectivity index (χ0) is 13.4. The van der Waals surface area contributed by atoms with Crippen LogP contribution in [0.5, 0.6) is 0 Å². The number of allylic oxidation sites excluding steroid dienone is 2. The van der Waals surface area contributed by atoms with Crippen molar-refractivity contribution in [1.29, 1.82) is 0 Å². The van der Waals surface area contributed by atoms with E-state index in [4.69, 9.17) is 4.74 Å². The monoisotopic (exact) mass is 271 g/mol. The number of hydrogen-bond acceptors (Lipinski definition) is 4. The van der Waals surface area contributed by atoms with Crippen LogP contribution in [0.1, 0.15) is 12.8 Å². The number of sulfonamides is 1. The van der Waals surface area contributed by atoms with Crippen molar-refractivity contribution < 1.29 is 17.9 Å². The number of rotatable bonds is 3. The van der Waals surface area contributed by atoms with Crippen molar-refractivity contribution in [2.75, 3.05) is 20.0 Å². The molecule has 0 aromatic carbocycles. The molecule has 1 heterocycles. The molecule has 1 atom stereocenters. The van der Waals surface area contributed by atoms with Gasteiger partial charge in [-0.05, 0) is 25.0 Å². The molecule has 1 saturated heterocycles. The van der Waals surface area contributed by atoms with E-state index in [2.05, 4.69) is 0 Å². The number of hydrogen-bond donors (Lipinski definition) is 0. The zero-order valence-electron chi connectivity index (χ0n) is 10.5. The lowest BCUT2D eigenvalue weighted by Crippen LogP contribution is -2.49. The van der Waals surface area contributed by atoms with Gasteiger partial charge in [0, 0.05) is 13.2 Å². The van der Waals surface area contributed by atoms with Gasteiger partial charge in [-0.3, -0.25) is 4.79 Å². The van der Waals surface area contributed by atoms with Gasteiger partial charge in [-0.25, -0.2) is 8.42 Å². The Morgan fingerprint density at radius 2 is 2.06 bits per heavy atom. The lowest BCUT2D eigenvalue weighted by Gasteiger charge is -2.35. The average molecular weight is 271 g/mol. The molecule has 0 radical (unpaired) electrons. The minimum absolute atomic E-state index is 0.107. The van der Waals surface area contributed by atoms with Crippen molar-refractivity contribution in [3.8, 4) is 0 Å². The van der Waals surface area contributed by atoms with E-state index in [0.29, 0.717) is 13.0 Å². The lowest BCUT2D eigenvalue weighted by atomic mass is 9.92. The highest BCUT2D eigenvalue weighted by Gasteiger charge is 2.48. The van der Waals surface area contributed by atoms with E-state index in [1.54, 1.807) is 19.3 Å².